The van der Waals surface area contributed by atoms with Gasteiger partial charge < -0.3 is 25.3 Å². The molecule has 8 nitrogen and oxygen atoms in total. The molecular weight excluding hydrogens is 653 g/mol. The van der Waals surface area contributed by atoms with Crippen molar-refractivity contribution in [3.63, 3.8) is 0 Å². The number of amidine groups is 1. The topological polar surface area (TPSA) is 77.1 Å². The predicted molar refractivity (Wildman–Crippen MR) is 166 cm³/mol. The number of piperazine rings is 2. The van der Waals surface area contributed by atoms with E-state index in [0.29, 0.717) is 30.3 Å². The lowest BCUT2D eigenvalue weighted by Gasteiger charge is -2.39. The second-order valence-corrected chi connectivity index (χ2v) is 11.2. The monoisotopic (exact) mass is 682 g/mol. The van der Waals surface area contributed by atoms with E-state index in [-0.39, 0.29) is 61.6 Å². The SMILES string of the molecule is C=C(/N=C(\C=C(/N)c1ccc(F)c(Cl)c1)N1CCN(c2ncccc2C(F)(F)F)CC1)N1CCN(c2ncccc2C(F)(F)F)CC1. The Bertz CT molecular complexity index is 1660. The van der Waals surface area contributed by atoms with Crippen molar-refractivity contribution in [3.8, 4) is 0 Å². The Morgan fingerprint density at radius 3 is 1.74 bits per heavy atom. The van der Waals surface area contributed by atoms with E-state index in [4.69, 9.17) is 22.3 Å². The molecule has 0 amide bonds. The molecule has 0 unspecified atom stereocenters. The van der Waals surface area contributed by atoms with Crippen molar-refractivity contribution in [1.29, 1.82) is 0 Å². The zero-order valence-electron chi connectivity index (χ0n) is 24.9. The molecule has 47 heavy (non-hydrogen) atoms. The van der Waals surface area contributed by atoms with E-state index in [0.717, 1.165) is 12.1 Å². The van der Waals surface area contributed by atoms with E-state index in [2.05, 4.69) is 16.5 Å². The first kappa shape index (κ1) is 33.8. The minimum Gasteiger partial charge on any atom is -0.398 e. The first-order chi connectivity index (χ1) is 22.2. The Morgan fingerprint density at radius 2 is 1.28 bits per heavy atom. The molecule has 0 bridgehead atoms. The maximum Gasteiger partial charge on any atom is 0.419 e. The fourth-order valence-corrected chi connectivity index (χ4v) is 5.54. The van der Waals surface area contributed by atoms with Crippen LogP contribution in [0.3, 0.4) is 0 Å². The summed E-state index contributed by atoms with van der Waals surface area (Å²) in [7, 11) is 0. The summed E-state index contributed by atoms with van der Waals surface area (Å²) in [5.41, 5.74) is 5.34. The molecule has 1 aromatic carbocycles. The van der Waals surface area contributed by atoms with Crippen LogP contribution in [0.4, 0.5) is 42.4 Å². The smallest absolute Gasteiger partial charge is 0.398 e. The van der Waals surface area contributed by atoms with E-state index in [9.17, 15) is 30.7 Å². The number of pyridine rings is 2. The van der Waals surface area contributed by atoms with Gasteiger partial charge in [0.2, 0.25) is 0 Å². The molecule has 2 aromatic heterocycles. The van der Waals surface area contributed by atoms with Crippen LogP contribution in [0.5, 0.6) is 0 Å². The lowest BCUT2D eigenvalue weighted by atomic mass is 10.1. The van der Waals surface area contributed by atoms with Crippen LogP contribution in [0.25, 0.3) is 5.70 Å². The molecule has 0 spiro atoms. The molecule has 2 aliphatic heterocycles. The number of anilines is 2. The van der Waals surface area contributed by atoms with Gasteiger partial charge in [0.1, 0.15) is 29.1 Å². The molecule has 5 rings (SSSR count). The highest BCUT2D eigenvalue weighted by atomic mass is 35.5. The molecule has 4 heterocycles. The Morgan fingerprint density at radius 1 is 0.787 bits per heavy atom. The minimum atomic E-state index is -4.58. The molecule has 0 aliphatic carbocycles. The van der Waals surface area contributed by atoms with Crippen LogP contribution in [0.1, 0.15) is 16.7 Å². The largest absolute Gasteiger partial charge is 0.419 e. The van der Waals surface area contributed by atoms with Crippen LogP contribution in [-0.2, 0) is 12.4 Å². The molecule has 0 atom stereocenters. The van der Waals surface area contributed by atoms with Crippen molar-refractivity contribution in [1.82, 2.24) is 19.8 Å². The van der Waals surface area contributed by atoms with Crippen LogP contribution in [0.2, 0.25) is 5.02 Å². The molecular formula is C31H30ClF7N8. The molecule has 2 aliphatic rings. The first-order valence-corrected chi connectivity index (χ1v) is 14.8. The van der Waals surface area contributed by atoms with Crippen LogP contribution in [-0.4, -0.2) is 78.0 Å². The molecule has 0 radical (unpaired) electrons. The summed E-state index contributed by atoms with van der Waals surface area (Å²) < 4.78 is 95.5. The maximum atomic E-state index is 13.8. The molecule has 250 valence electrons. The fraction of sp³-hybridized carbons (Fsp3) is 0.323. The quantitative estimate of drug-likeness (QED) is 0.191. The molecule has 0 saturated carbocycles. The van der Waals surface area contributed by atoms with Gasteiger partial charge in [0.15, 0.2) is 0 Å². The number of aromatic nitrogens is 2. The van der Waals surface area contributed by atoms with Gasteiger partial charge in [-0.25, -0.2) is 19.4 Å². The fourth-order valence-electron chi connectivity index (χ4n) is 5.36. The van der Waals surface area contributed by atoms with Crippen molar-refractivity contribution in [2.24, 2.45) is 10.7 Å². The second kappa shape index (κ2) is 13.7. The Labute approximate surface area is 271 Å². The number of aliphatic imine (C=N–C) groups is 1. The van der Waals surface area contributed by atoms with Crippen molar-refractivity contribution >= 4 is 34.8 Å². The van der Waals surface area contributed by atoms with Gasteiger partial charge in [0.05, 0.1) is 16.1 Å². The van der Waals surface area contributed by atoms with Gasteiger partial charge in [0, 0.05) is 76.5 Å². The third kappa shape index (κ3) is 7.89. The van der Waals surface area contributed by atoms with Gasteiger partial charge in [-0.05, 0) is 48.0 Å². The zero-order valence-corrected chi connectivity index (χ0v) is 25.6. The second-order valence-electron chi connectivity index (χ2n) is 10.8. The van der Waals surface area contributed by atoms with Crippen molar-refractivity contribution < 1.29 is 30.7 Å². The number of nitrogens with zero attached hydrogens (tertiary/aromatic N) is 7. The number of hydrogen-bond acceptors (Lipinski definition) is 7. The summed E-state index contributed by atoms with van der Waals surface area (Å²) in [5.74, 6) is -0.289. The summed E-state index contributed by atoms with van der Waals surface area (Å²) in [5, 5.41) is -0.134. The number of alkyl halides is 6. The molecule has 2 saturated heterocycles. The third-order valence-electron chi connectivity index (χ3n) is 7.81. The van der Waals surface area contributed by atoms with Crippen molar-refractivity contribution in [2.45, 2.75) is 12.4 Å². The lowest BCUT2D eigenvalue weighted by molar-refractivity contribution is -0.138. The standard InChI is InChI=1S/C31H30ClF7N8/c1-20(44-10-14-46(15-11-44)28-22(30(34,35)36)4-2-8-41-28)43-27(19-26(40)21-6-7-25(33)24(32)18-21)45-12-16-47(17-13-45)29-23(31(37,38)39)5-3-9-42-29/h2-9,18-19H,1,10-17,40H2/b26-19-,43-27+. The highest BCUT2D eigenvalue weighted by Crippen LogP contribution is 2.37. The van der Waals surface area contributed by atoms with Crippen LogP contribution < -0.4 is 15.5 Å². The maximum absolute atomic E-state index is 13.8. The van der Waals surface area contributed by atoms with Gasteiger partial charge >= 0.3 is 12.4 Å². The van der Waals surface area contributed by atoms with E-state index in [1.165, 1.54) is 42.7 Å². The minimum absolute atomic E-state index is 0.134. The van der Waals surface area contributed by atoms with Crippen LogP contribution in [0, 0.1) is 5.82 Å². The summed E-state index contributed by atoms with van der Waals surface area (Å²) in [6.07, 6.45) is -4.96. The summed E-state index contributed by atoms with van der Waals surface area (Å²) in [4.78, 5) is 19.4. The van der Waals surface area contributed by atoms with E-state index in [1.807, 2.05) is 9.80 Å². The lowest BCUT2D eigenvalue weighted by Crippen LogP contribution is -2.50. The number of rotatable bonds is 6. The van der Waals surface area contributed by atoms with Crippen molar-refractivity contribution in [2.75, 3.05) is 62.2 Å². The zero-order chi connectivity index (χ0) is 33.9. The van der Waals surface area contributed by atoms with Crippen LogP contribution in [0.15, 0.2) is 78.3 Å². The van der Waals surface area contributed by atoms with Gasteiger partial charge in [-0.15, -0.1) is 0 Å². The molecule has 2 fully saturated rings. The van der Waals surface area contributed by atoms with Crippen molar-refractivity contribution in [3.05, 3.63) is 101 Å². The summed E-state index contributed by atoms with van der Waals surface area (Å²) in [6.45, 7) is 6.00. The Hall–Kier alpha value is -4.53. The van der Waals surface area contributed by atoms with Gasteiger partial charge in [-0.2, -0.15) is 26.3 Å². The average molecular weight is 683 g/mol. The van der Waals surface area contributed by atoms with E-state index < -0.39 is 29.3 Å². The highest BCUT2D eigenvalue weighted by Gasteiger charge is 2.37. The van der Waals surface area contributed by atoms with Gasteiger partial charge in [-0.1, -0.05) is 18.2 Å². The Kier molecular flexibility index (Phi) is 9.84. The van der Waals surface area contributed by atoms with E-state index in [1.54, 1.807) is 15.9 Å². The molecule has 16 heteroatoms. The number of benzene rings is 1. The number of halogens is 8. The first-order valence-electron chi connectivity index (χ1n) is 14.5. The summed E-state index contributed by atoms with van der Waals surface area (Å²) >= 11 is 5.96. The van der Waals surface area contributed by atoms with Gasteiger partial charge in [-0.3, -0.25) is 0 Å². The summed E-state index contributed by atoms with van der Waals surface area (Å²) in [6, 6.07) is 8.43. The molecule has 2 N–H and O–H groups in total. The van der Waals surface area contributed by atoms with E-state index >= 15 is 0 Å². The third-order valence-corrected chi connectivity index (χ3v) is 8.10. The normalized spacial score (nSPS) is 16.9. The average Bonchev–Trinajstić information content (AvgIpc) is 3.05. The predicted octanol–water partition coefficient (Wildman–Crippen LogP) is 6.12. The van der Waals surface area contributed by atoms with Crippen LogP contribution >= 0.6 is 11.6 Å². The highest BCUT2D eigenvalue weighted by molar-refractivity contribution is 6.30. The Balaban J connectivity index is 1.36. The number of hydrogen-bond donors (Lipinski definition) is 1. The molecule has 3 aromatic rings. The number of nitrogens with two attached hydrogens (primary N) is 1. The van der Waals surface area contributed by atoms with Gasteiger partial charge in [0.25, 0.3) is 0 Å².